The molecule has 0 aliphatic carbocycles. The fourth-order valence-electron chi connectivity index (χ4n) is 0. The Bertz CT molecular complexity index is 7.61. The van der Waals surface area contributed by atoms with Crippen LogP contribution in [0.15, 0.2) is 0 Å². The van der Waals surface area contributed by atoms with Gasteiger partial charge in [-0.3, -0.25) is 12.5 Å². The monoisotopic (exact) mass is 361 g/mol. The standard InChI is InChI=1S/2CH3S.Rf/c2*1-2;/h2*2H,1H2;/q2*-1;. The molecular weight excluding hydrogens is 355 g/mol. The van der Waals surface area contributed by atoms with Gasteiger partial charge in [0.05, 0.1) is 0 Å². The summed E-state index contributed by atoms with van der Waals surface area (Å²) in [5, 5.41) is 0. The zero-order valence-electron chi connectivity index (χ0n) is 3.02. The van der Waals surface area contributed by atoms with Crippen molar-refractivity contribution in [3.63, 3.8) is 0 Å². The first-order chi connectivity index (χ1) is 2.00. The summed E-state index contributed by atoms with van der Waals surface area (Å²) in [6, 6.07) is 0. The molecular formula is C2H6RfS2-2. The van der Waals surface area contributed by atoms with E-state index in [2.05, 4.69) is 37.8 Å². The van der Waals surface area contributed by atoms with Crippen molar-refractivity contribution in [1.29, 1.82) is 0 Å². The smallest absolute Gasteiger partial charge is 0 e. The van der Waals surface area contributed by atoms with Gasteiger partial charge in [0.1, 0.15) is 0 Å². The van der Waals surface area contributed by atoms with Gasteiger partial charge in [-0.15, -0.1) is 0 Å². The van der Waals surface area contributed by atoms with E-state index >= 15 is 0 Å². The molecule has 0 bridgehead atoms. The normalized spacial score (nSPS) is 2.40. The molecule has 0 aromatic rings. The predicted octanol–water partition coefficient (Wildman–Crippen LogP) is 1.42. The van der Waals surface area contributed by atoms with E-state index < -0.39 is 0 Å². The summed E-state index contributed by atoms with van der Waals surface area (Å²) in [6.07, 6.45) is 5.89. The van der Waals surface area contributed by atoms with Crippen molar-refractivity contribution in [3.8, 4) is 0 Å². The van der Waals surface area contributed by atoms with Gasteiger partial charge >= 0.3 is 0 Å². The average molecular weight is 361 g/mol. The van der Waals surface area contributed by atoms with Gasteiger partial charge in [-0.2, -0.15) is 0 Å². The third-order valence-electron chi connectivity index (χ3n) is 0. The maximum Gasteiger partial charge on any atom is 0 e. The number of hydrogen-bond donors (Lipinski definition) is 2. The molecule has 0 spiro atoms. The molecule has 0 aromatic carbocycles. The van der Waals surface area contributed by atoms with Crippen LogP contribution >= 0.6 is 25.3 Å². The average Bonchev–Trinajstić information content (AvgIpc) is 1.50. The Balaban J connectivity index is -0.0000000133. The van der Waals surface area contributed by atoms with Crippen LogP contribution in [-0.4, -0.2) is 0 Å². The summed E-state index contributed by atoms with van der Waals surface area (Å²) in [5.74, 6) is 0. The Hall–Kier alpha value is -0.300. The molecule has 0 aliphatic heterocycles. The molecule has 0 atom stereocenters. The van der Waals surface area contributed by atoms with Gasteiger partial charge in [0, 0.05) is 0 Å². The van der Waals surface area contributed by atoms with Crippen LogP contribution in [0.4, 0.5) is 0 Å². The molecule has 0 N–H and O–H groups in total. The van der Waals surface area contributed by atoms with Crippen LogP contribution in [0.2, 0.25) is 0 Å². The minimum Gasteiger partial charge on any atom is -0.372 e. The molecule has 30 valence electrons. The second-order valence-corrected chi connectivity index (χ2v) is 0. The Morgan fingerprint density at radius 1 is 0.800 bits per heavy atom. The summed E-state index contributed by atoms with van der Waals surface area (Å²) in [4.78, 5) is 0. The van der Waals surface area contributed by atoms with Crippen LogP contribution in [0, 0.1) is 12.5 Å². The molecule has 0 radical (unpaired) electrons. The van der Waals surface area contributed by atoms with Gasteiger partial charge in [-0.25, -0.2) is 0 Å². The van der Waals surface area contributed by atoms with E-state index in [1.165, 1.54) is 0 Å². The Labute approximate surface area is 38.4 Å². The summed E-state index contributed by atoms with van der Waals surface area (Å²) in [5.41, 5.74) is 0. The molecule has 0 aromatic heterocycles. The quantitative estimate of drug-likeness (QED) is 0.473. The molecule has 0 fully saturated rings. The molecule has 0 nitrogen and oxygen atoms in total. The van der Waals surface area contributed by atoms with E-state index in [1.54, 1.807) is 0 Å². The molecule has 0 heterocycles. The van der Waals surface area contributed by atoms with Crippen molar-refractivity contribution in [2.24, 2.45) is 0 Å². The van der Waals surface area contributed by atoms with E-state index in [0.29, 0.717) is 0 Å². The van der Waals surface area contributed by atoms with E-state index in [4.69, 9.17) is 0 Å². The summed E-state index contributed by atoms with van der Waals surface area (Å²) >= 11 is 6.56. The van der Waals surface area contributed by atoms with Crippen LogP contribution in [0.3, 0.4) is 0 Å². The second kappa shape index (κ2) is 300. The first-order valence-electron chi connectivity index (χ1n) is 0.632. The van der Waals surface area contributed by atoms with Gasteiger partial charge in [0.15, 0.2) is 0 Å². The summed E-state index contributed by atoms with van der Waals surface area (Å²) in [6.45, 7) is 0. The molecule has 0 unspecified atom stereocenters. The van der Waals surface area contributed by atoms with Gasteiger partial charge in [-0.1, -0.05) is 0 Å². The van der Waals surface area contributed by atoms with E-state index in [9.17, 15) is 0 Å². The zero-order chi connectivity index (χ0) is 4.00. The minimum absolute atomic E-state index is 0. The fourth-order valence-corrected chi connectivity index (χ4v) is 0. The third-order valence-corrected chi connectivity index (χ3v) is 0. The van der Waals surface area contributed by atoms with E-state index in [0.717, 1.165) is 0 Å². The van der Waals surface area contributed by atoms with Crippen molar-refractivity contribution in [2.45, 2.75) is 0 Å². The first-order valence-corrected chi connectivity index (χ1v) is 1.90. The molecule has 5 heavy (non-hydrogen) atoms. The summed E-state index contributed by atoms with van der Waals surface area (Å²) < 4.78 is 0. The van der Waals surface area contributed by atoms with Crippen molar-refractivity contribution in [2.75, 3.05) is 0 Å². The van der Waals surface area contributed by atoms with Gasteiger partial charge < -0.3 is 25.3 Å². The Morgan fingerprint density at radius 2 is 0.800 bits per heavy atom. The summed E-state index contributed by atoms with van der Waals surface area (Å²) in [7, 11) is 0. The number of hydrogen-bond acceptors (Lipinski definition) is 2. The second-order valence-electron chi connectivity index (χ2n) is 0. The molecule has 0 amide bonds. The fraction of sp³-hybridized carbons (Fsp3) is 0. The topological polar surface area (TPSA) is 0 Å². The van der Waals surface area contributed by atoms with Crippen molar-refractivity contribution in [1.82, 2.24) is 0 Å². The molecule has 0 aliphatic rings. The van der Waals surface area contributed by atoms with Gasteiger partial charge in [0.2, 0.25) is 0 Å². The Morgan fingerprint density at radius 3 is 0.800 bits per heavy atom. The van der Waals surface area contributed by atoms with Crippen molar-refractivity contribution < 1.29 is 0 Å². The number of thiol groups is 2. The maximum absolute atomic E-state index is 3.28. The van der Waals surface area contributed by atoms with Crippen LogP contribution < -0.4 is 0 Å². The van der Waals surface area contributed by atoms with E-state index in [1.807, 2.05) is 0 Å². The maximum atomic E-state index is 3.28. The van der Waals surface area contributed by atoms with Crippen LogP contribution in [-0.2, 0) is 0 Å². The third kappa shape index (κ3) is 119. The molecule has 0 saturated carbocycles. The van der Waals surface area contributed by atoms with Crippen molar-refractivity contribution in [3.05, 3.63) is 12.5 Å². The Kier molecular flexibility index (Phi) is 1330. The van der Waals surface area contributed by atoms with E-state index in [-0.39, 0.29) is 0 Å². The molecule has 0 rings (SSSR count). The SMILES string of the molecule is [CH2-]S.[CH2-]S.[Rf]. The molecule has 3 heteroatoms. The zero-order valence-corrected chi connectivity index (χ0v) is 11.2. The van der Waals surface area contributed by atoms with Gasteiger partial charge in [0.25, 0.3) is 0 Å². The minimum atomic E-state index is 0. The first kappa shape index (κ1) is 22.3. The van der Waals surface area contributed by atoms with Gasteiger partial charge in [-0.05, 0) is 0 Å². The molecule has 0 saturated heterocycles. The van der Waals surface area contributed by atoms with Crippen LogP contribution in [0.25, 0.3) is 0 Å². The van der Waals surface area contributed by atoms with Crippen molar-refractivity contribution >= 4 is 25.3 Å². The van der Waals surface area contributed by atoms with Crippen LogP contribution in [0.5, 0.6) is 0 Å². The largest absolute Gasteiger partial charge is 0.372 e. The number of rotatable bonds is 0. The predicted molar refractivity (Wildman–Crippen MR) is 28.7 cm³/mol. The van der Waals surface area contributed by atoms with Crippen LogP contribution in [0.1, 0.15) is 0 Å².